The van der Waals surface area contributed by atoms with Gasteiger partial charge in [0.1, 0.15) is 0 Å². The van der Waals surface area contributed by atoms with Crippen LogP contribution in [0, 0.1) is 0 Å². The summed E-state index contributed by atoms with van der Waals surface area (Å²) >= 11 is 0. The zero-order chi connectivity index (χ0) is 39.1. The fourth-order valence-electron chi connectivity index (χ4n) is 3.43. The third kappa shape index (κ3) is 5.82. The quantitative estimate of drug-likeness (QED) is 0.200. The van der Waals surface area contributed by atoms with Crippen LogP contribution in [0.4, 0.5) is 119 Å². The van der Waals surface area contributed by atoms with E-state index in [2.05, 4.69) is 0 Å². The Morgan fingerprint density at radius 3 is 0.792 bits per heavy atom. The number of rotatable bonds is 11. The van der Waals surface area contributed by atoms with Gasteiger partial charge in [-0.1, -0.05) is 0 Å². The maximum absolute atomic E-state index is 14.8. The van der Waals surface area contributed by atoms with Crippen molar-refractivity contribution in [1.29, 1.82) is 0 Å². The monoisotopic (exact) mass is 775 g/mol. The molecular formula is C20H6F27O. The first-order valence-electron chi connectivity index (χ1n) is 10.9. The molecule has 0 atom stereocenters. The summed E-state index contributed by atoms with van der Waals surface area (Å²) in [4.78, 5) is 0. The van der Waals surface area contributed by atoms with Crippen molar-refractivity contribution in [2.24, 2.45) is 0 Å². The maximum atomic E-state index is 14.8. The normalized spacial score (nSPS) is 16.1. The maximum Gasteiger partial charge on any atom is 0.460 e. The Hall–Kier alpha value is -2.71. The number of benzene rings is 1. The molecule has 1 rings (SSSR count). The Bertz CT molecular complexity index is 1250. The lowest BCUT2D eigenvalue weighted by Crippen LogP contribution is -2.61. The summed E-state index contributed by atoms with van der Waals surface area (Å²) < 4.78 is 365. The van der Waals surface area contributed by atoms with Crippen molar-refractivity contribution in [3.8, 4) is 0 Å². The minimum absolute atomic E-state index is 2.27. The van der Waals surface area contributed by atoms with E-state index < -0.39 is 119 Å². The first-order chi connectivity index (χ1) is 20.5. The minimum Gasteiger partial charge on any atom is -0.236 e. The predicted molar refractivity (Wildman–Crippen MR) is 95.2 cm³/mol. The van der Waals surface area contributed by atoms with Crippen LogP contribution in [0.2, 0.25) is 0 Å². The molecule has 0 spiro atoms. The van der Waals surface area contributed by atoms with Gasteiger partial charge in [0, 0.05) is 16.7 Å². The zero-order valence-corrected chi connectivity index (χ0v) is 21.2. The average molecular weight is 775 g/mol. The van der Waals surface area contributed by atoms with Gasteiger partial charge in [-0.3, -0.25) is 0 Å². The third-order valence-corrected chi connectivity index (χ3v) is 6.08. The first-order valence-corrected chi connectivity index (χ1v) is 10.9. The van der Waals surface area contributed by atoms with Gasteiger partial charge in [-0.2, -0.15) is 119 Å². The smallest absolute Gasteiger partial charge is 0.236 e. The van der Waals surface area contributed by atoms with Crippen LogP contribution < -0.4 is 0 Å². The Labute approximate surface area is 244 Å². The van der Waals surface area contributed by atoms with Crippen molar-refractivity contribution in [1.82, 2.24) is 0 Å². The highest BCUT2D eigenvalue weighted by Gasteiger charge is 2.85. The van der Waals surface area contributed by atoms with E-state index in [4.69, 9.17) is 0 Å². The van der Waals surface area contributed by atoms with Gasteiger partial charge in [-0.25, -0.2) is 5.11 Å². The van der Waals surface area contributed by atoms with E-state index in [9.17, 15) is 124 Å². The summed E-state index contributed by atoms with van der Waals surface area (Å²) in [5.74, 6) is -74.0. The number of hydrogen-bond donors (Lipinski definition) is 0. The van der Waals surface area contributed by atoms with Crippen LogP contribution in [0.25, 0.3) is 0 Å². The third-order valence-electron chi connectivity index (χ3n) is 6.08. The highest BCUT2D eigenvalue weighted by atomic mass is 19.4. The molecule has 0 saturated heterocycles. The predicted octanol–water partition coefficient (Wildman–Crippen LogP) is 10.4. The van der Waals surface area contributed by atoms with Crippen LogP contribution in [0.1, 0.15) is 22.3 Å². The topological polar surface area (TPSA) is 19.9 Å². The summed E-state index contributed by atoms with van der Waals surface area (Å²) in [6.07, 6.45) is -26.8. The van der Waals surface area contributed by atoms with E-state index in [0.717, 1.165) is 0 Å². The molecule has 0 aliphatic rings. The molecule has 0 saturated carbocycles. The van der Waals surface area contributed by atoms with Crippen molar-refractivity contribution >= 4 is 0 Å². The molecule has 0 amide bonds. The summed E-state index contributed by atoms with van der Waals surface area (Å²) in [6, 6.07) is -4.54. The van der Waals surface area contributed by atoms with Crippen LogP contribution >= 0.6 is 0 Å². The van der Waals surface area contributed by atoms with E-state index in [1.807, 2.05) is 0 Å². The van der Waals surface area contributed by atoms with Crippen LogP contribution in [0.5, 0.6) is 0 Å². The molecule has 1 aromatic carbocycles. The van der Waals surface area contributed by atoms with Crippen LogP contribution in [0.3, 0.4) is 0 Å². The van der Waals surface area contributed by atoms with Gasteiger partial charge in [0.25, 0.3) is 0 Å². The minimum atomic E-state index is -8.41. The molecule has 28 heteroatoms. The summed E-state index contributed by atoms with van der Waals surface area (Å²) in [7, 11) is 0. The summed E-state index contributed by atoms with van der Waals surface area (Å²) in [5, 5.41) is 10.9. The molecular weight excluding hydrogens is 769 g/mol. The highest BCUT2D eigenvalue weighted by molar-refractivity contribution is 5.48. The molecule has 48 heavy (non-hydrogen) atoms. The second-order valence-corrected chi connectivity index (χ2v) is 9.17. The molecule has 1 aromatic rings. The van der Waals surface area contributed by atoms with E-state index in [1.54, 1.807) is 0 Å². The molecule has 0 fully saturated rings. The van der Waals surface area contributed by atoms with Gasteiger partial charge in [0.05, 0.1) is 6.61 Å². The Morgan fingerprint density at radius 2 is 0.583 bits per heavy atom. The van der Waals surface area contributed by atoms with Crippen molar-refractivity contribution in [2.45, 2.75) is 78.3 Å². The lowest BCUT2D eigenvalue weighted by atomic mass is 9.81. The lowest BCUT2D eigenvalue weighted by molar-refractivity contribution is -0.401. The molecule has 0 unspecified atom stereocenters. The number of halogens is 27. The van der Waals surface area contributed by atoms with E-state index in [-0.39, 0.29) is 0 Å². The summed E-state index contributed by atoms with van der Waals surface area (Å²) in [6.45, 7) is -2.69. The van der Waals surface area contributed by atoms with Crippen molar-refractivity contribution in [2.75, 3.05) is 6.61 Å². The zero-order valence-electron chi connectivity index (χ0n) is 21.2. The van der Waals surface area contributed by atoms with Crippen molar-refractivity contribution in [3.63, 3.8) is 0 Å². The second-order valence-electron chi connectivity index (χ2n) is 9.17. The van der Waals surface area contributed by atoms with Gasteiger partial charge >= 0.3 is 71.8 Å². The fourth-order valence-corrected chi connectivity index (χ4v) is 3.43. The fraction of sp³-hybridized carbons (Fsp3) is 0.700. The van der Waals surface area contributed by atoms with Crippen molar-refractivity contribution < 1.29 is 124 Å². The SMILES string of the molecule is [O]CCc1c(C(F)(F)C(F)(F)C(F)(F)C(F)(F)F)cc(C(F)(F)C(F)(F)C(F)(F)C(F)(F)F)cc1C(F)(F)C(F)(F)C(F)(F)C(F)(F)F. The molecule has 0 aliphatic heterocycles. The highest BCUT2D eigenvalue weighted by Crippen LogP contribution is 2.63. The molecule has 0 bridgehead atoms. The van der Waals surface area contributed by atoms with Crippen LogP contribution in [-0.2, 0) is 29.3 Å². The molecule has 281 valence electrons. The van der Waals surface area contributed by atoms with Crippen molar-refractivity contribution in [3.05, 3.63) is 34.4 Å². The van der Waals surface area contributed by atoms with Gasteiger partial charge < -0.3 is 0 Å². The standard InChI is InChI=1S/C20H6F27O/c21-9(22,12(27,28)15(33,34)18(39,40)41)5-3-7(10(23,24)13(29,30)16(35,36)19(42,43)44)6(1-2-48)8(4-5)11(25,26)14(31,32)17(37,38)20(45,46)47/h3-4H,1-2H2. The van der Waals surface area contributed by atoms with E-state index in [1.165, 1.54) is 0 Å². The number of alkyl halides is 27. The summed E-state index contributed by atoms with van der Waals surface area (Å²) in [5.41, 5.74) is -16.6. The van der Waals surface area contributed by atoms with E-state index >= 15 is 0 Å². The largest absolute Gasteiger partial charge is 0.460 e. The second kappa shape index (κ2) is 11.4. The van der Waals surface area contributed by atoms with Gasteiger partial charge in [0.2, 0.25) is 0 Å². The molecule has 0 N–H and O–H groups in total. The first kappa shape index (κ1) is 43.3. The van der Waals surface area contributed by atoms with Gasteiger partial charge in [-0.15, -0.1) is 0 Å². The Morgan fingerprint density at radius 1 is 0.354 bits per heavy atom. The Balaban J connectivity index is 4.74. The van der Waals surface area contributed by atoms with Gasteiger partial charge in [-0.05, 0) is 24.1 Å². The molecule has 1 nitrogen and oxygen atoms in total. The molecule has 1 radical (unpaired) electrons. The molecule has 0 heterocycles. The van der Waals surface area contributed by atoms with E-state index in [0.29, 0.717) is 0 Å². The molecule has 0 aromatic heterocycles. The lowest BCUT2D eigenvalue weighted by Gasteiger charge is -2.39. The van der Waals surface area contributed by atoms with Gasteiger partial charge in [0.15, 0.2) is 0 Å². The molecule has 0 aliphatic carbocycles. The number of hydrogen-bond acceptors (Lipinski definition) is 0. The Kier molecular flexibility index (Phi) is 10.3. The average Bonchev–Trinajstić information content (AvgIpc) is 2.85. The van der Waals surface area contributed by atoms with Crippen LogP contribution in [-0.4, -0.2) is 60.7 Å². The van der Waals surface area contributed by atoms with Crippen LogP contribution in [0.15, 0.2) is 12.1 Å².